The van der Waals surface area contributed by atoms with Gasteiger partial charge in [-0.3, -0.25) is 0 Å². The van der Waals surface area contributed by atoms with Crippen LogP contribution >= 0.6 is 0 Å². The molecule has 1 unspecified atom stereocenters. The van der Waals surface area contributed by atoms with E-state index in [1.165, 1.54) is 0 Å². The van der Waals surface area contributed by atoms with E-state index < -0.39 is 0 Å². The van der Waals surface area contributed by atoms with Gasteiger partial charge in [0.25, 0.3) is 0 Å². The Kier molecular flexibility index (Phi) is 3.77. The zero-order chi connectivity index (χ0) is 10.6. The van der Waals surface area contributed by atoms with Crippen molar-refractivity contribution in [2.75, 3.05) is 14.2 Å². The third-order valence-electron chi connectivity index (χ3n) is 2.32. The van der Waals surface area contributed by atoms with Crippen molar-refractivity contribution in [1.29, 1.82) is 0 Å². The number of likely N-dealkylation sites (N-methyl/N-ethyl adjacent to an activating group) is 1. The Labute approximate surface area is 84.7 Å². The zero-order valence-corrected chi connectivity index (χ0v) is 8.87. The normalized spacial score (nSPS) is 12.5. The van der Waals surface area contributed by atoms with Gasteiger partial charge in [0.15, 0.2) is 11.5 Å². The van der Waals surface area contributed by atoms with Gasteiger partial charge in [0.2, 0.25) is 0 Å². The molecule has 0 radical (unpaired) electrons. The van der Waals surface area contributed by atoms with Crippen LogP contribution in [0.2, 0.25) is 0 Å². The molecule has 0 aliphatic rings. The standard InChI is InChI=1S/C11H17NO2/c1-8(12-2)7-9-5-4-6-10(14-3)11(9)13/h4-6,8,12-13H,7H2,1-3H3. The largest absolute Gasteiger partial charge is 0.504 e. The van der Waals surface area contributed by atoms with Crippen LogP contribution in [0.15, 0.2) is 18.2 Å². The third kappa shape index (κ3) is 2.39. The molecule has 0 spiro atoms. The molecule has 1 aromatic rings. The molecule has 0 saturated carbocycles. The molecule has 14 heavy (non-hydrogen) atoms. The Balaban J connectivity index is 2.86. The number of hydrogen-bond acceptors (Lipinski definition) is 3. The molecular weight excluding hydrogens is 178 g/mol. The molecular formula is C11H17NO2. The van der Waals surface area contributed by atoms with Gasteiger partial charge in [0, 0.05) is 6.04 Å². The van der Waals surface area contributed by atoms with Crippen LogP contribution in [-0.4, -0.2) is 25.3 Å². The predicted octanol–water partition coefficient (Wildman–Crippen LogP) is 1.55. The molecule has 3 nitrogen and oxygen atoms in total. The summed E-state index contributed by atoms with van der Waals surface area (Å²) in [6.07, 6.45) is 0.791. The second-order valence-corrected chi connectivity index (χ2v) is 3.36. The monoisotopic (exact) mass is 195 g/mol. The van der Waals surface area contributed by atoms with Crippen LogP contribution in [0.4, 0.5) is 0 Å². The second kappa shape index (κ2) is 4.86. The third-order valence-corrected chi connectivity index (χ3v) is 2.32. The molecule has 0 aromatic heterocycles. The molecule has 1 aromatic carbocycles. The minimum absolute atomic E-state index is 0.247. The molecule has 1 rings (SSSR count). The Morgan fingerprint density at radius 1 is 1.50 bits per heavy atom. The zero-order valence-electron chi connectivity index (χ0n) is 8.87. The smallest absolute Gasteiger partial charge is 0.160 e. The van der Waals surface area contributed by atoms with Gasteiger partial charge < -0.3 is 15.2 Å². The lowest BCUT2D eigenvalue weighted by atomic mass is 10.1. The van der Waals surface area contributed by atoms with Crippen LogP contribution in [-0.2, 0) is 6.42 Å². The molecule has 0 fully saturated rings. The highest BCUT2D eigenvalue weighted by Gasteiger charge is 2.09. The second-order valence-electron chi connectivity index (χ2n) is 3.36. The summed E-state index contributed by atoms with van der Waals surface area (Å²) in [5, 5.41) is 12.9. The number of para-hydroxylation sites is 1. The number of benzene rings is 1. The minimum Gasteiger partial charge on any atom is -0.504 e. The quantitative estimate of drug-likeness (QED) is 0.766. The summed E-state index contributed by atoms with van der Waals surface area (Å²) in [5.41, 5.74) is 0.909. The van der Waals surface area contributed by atoms with E-state index in [4.69, 9.17) is 4.74 Å². The number of aromatic hydroxyl groups is 1. The van der Waals surface area contributed by atoms with Gasteiger partial charge in [-0.1, -0.05) is 12.1 Å². The number of hydrogen-bond donors (Lipinski definition) is 2. The highest BCUT2D eigenvalue weighted by atomic mass is 16.5. The van der Waals surface area contributed by atoms with Gasteiger partial charge >= 0.3 is 0 Å². The van der Waals surface area contributed by atoms with Crippen molar-refractivity contribution in [2.45, 2.75) is 19.4 Å². The predicted molar refractivity (Wildman–Crippen MR) is 56.9 cm³/mol. The summed E-state index contributed by atoms with van der Waals surface area (Å²) < 4.78 is 5.03. The number of methoxy groups -OCH3 is 1. The van der Waals surface area contributed by atoms with Crippen molar-refractivity contribution in [3.05, 3.63) is 23.8 Å². The van der Waals surface area contributed by atoms with Crippen LogP contribution in [0.5, 0.6) is 11.5 Å². The minimum atomic E-state index is 0.247. The van der Waals surface area contributed by atoms with Crippen molar-refractivity contribution in [2.24, 2.45) is 0 Å². The van der Waals surface area contributed by atoms with Crippen LogP contribution in [0.1, 0.15) is 12.5 Å². The fourth-order valence-electron chi connectivity index (χ4n) is 1.33. The van der Waals surface area contributed by atoms with Crippen LogP contribution in [0.25, 0.3) is 0 Å². The van der Waals surface area contributed by atoms with E-state index in [1.807, 2.05) is 19.2 Å². The van der Waals surface area contributed by atoms with Crippen molar-refractivity contribution in [1.82, 2.24) is 5.32 Å². The summed E-state index contributed by atoms with van der Waals surface area (Å²) in [5.74, 6) is 0.780. The van der Waals surface area contributed by atoms with E-state index >= 15 is 0 Å². The Hall–Kier alpha value is -1.22. The highest BCUT2D eigenvalue weighted by molar-refractivity contribution is 5.45. The lowest BCUT2D eigenvalue weighted by Gasteiger charge is -2.12. The van der Waals surface area contributed by atoms with Gasteiger partial charge in [-0.15, -0.1) is 0 Å². The van der Waals surface area contributed by atoms with Crippen molar-refractivity contribution in [3.8, 4) is 11.5 Å². The lowest BCUT2D eigenvalue weighted by molar-refractivity contribution is 0.369. The summed E-state index contributed by atoms with van der Waals surface area (Å²) in [7, 11) is 3.46. The Bertz CT molecular complexity index is 299. The number of ether oxygens (including phenoxy) is 1. The maximum absolute atomic E-state index is 9.78. The number of rotatable bonds is 4. The van der Waals surface area contributed by atoms with E-state index in [0.29, 0.717) is 11.8 Å². The Morgan fingerprint density at radius 2 is 2.21 bits per heavy atom. The molecule has 3 heteroatoms. The maximum atomic E-state index is 9.78. The maximum Gasteiger partial charge on any atom is 0.160 e. The van der Waals surface area contributed by atoms with Gasteiger partial charge in [-0.2, -0.15) is 0 Å². The summed E-state index contributed by atoms with van der Waals surface area (Å²) >= 11 is 0. The first kappa shape index (κ1) is 10.9. The molecule has 2 N–H and O–H groups in total. The van der Waals surface area contributed by atoms with Crippen molar-refractivity contribution < 1.29 is 9.84 Å². The number of phenols is 1. The van der Waals surface area contributed by atoms with E-state index in [1.54, 1.807) is 13.2 Å². The summed E-state index contributed by atoms with van der Waals surface area (Å²) in [6.45, 7) is 2.07. The average molecular weight is 195 g/mol. The number of phenolic OH excluding ortho intramolecular Hbond substituents is 1. The molecule has 0 aliphatic carbocycles. The number of nitrogens with one attached hydrogen (secondary N) is 1. The first-order chi connectivity index (χ1) is 6.69. The highest BCUT2D eigenvalue weighted by Crippen LogP contribution is 2.29. The van der Waals surface area contributed by atoms with E-state index in [2.05, 4.69) is 12.2 Å². The molecule has 0 amide bonds. The van der Waals surface area contributed by atoms with E-state index in [0.717, 1.165) is 12.0 Å². The van der Waals surface area contributed by atoms with Gasteiger partial charge in [0.1, 0.15) is 0 Å². The Morgan fingerprint density at radius 3 is 2.79 bits per heavy atom. The lowest BCUT2D eigenvalue weighted by Crippen LogP contribution is -2.23. The molecule has 0 aliphatic heterocycles. The summed E-state index contributed by atoms with van der Waals surface area (Å²) in [4.78, 5) is 0. The van der Waals surface area contributed by atoms with Crippen LogP contribution < -0.4 is 10.1 Å². The topological polar surface area (TPSA) is 41.5 Å². The van der Waals surface area contributed by atoms with Crippen molar-refractivity contribution in [3.63, 3.8) is 0 Å². The van der Waals surface area contributed by atoms with Gasteiger partial charge in [-0.05, 0) is 32.0 Å². The summed E-state index contributed by atoms with van der Waals surface area (Å²) in [6, 6.07) is 5.89. The van der Waals surface area contributed by atoms with Crippen LogP contribution in [0, 0.1) is 0 Å². The molecule has 0 bridgehead atoms. The molecule has 0 saturated heterocycles. The van der Waals surface area contributed by atoms with Gasteiger partial charge in [-0.25, -0.2) is 0 Å². The van der Waals surface area contributed by atoms with Crippen LogP contribution in [0.3, 0.4) is 0 Å². The average Bonchev–Trinajstić information content (AvgIpc) is 2.21. The van der Waals surface area contributed by atoms with Crippen molar-refractivity contribution >= 4 is 0 Å². The van der Waals surface area contributed by atoms with Gasteiger partial charge in [0.05, 0.1) is 7.11 Å². The SMILES string of the molecule is CNC(C)Cc1cccc(OC)c1O. The fraction of sp³-hybridized carbons (Fsp3) is 0.455. The molecule has 78 valence electrons. The molecule has 0 heterocycles. The first-order valence-corrected chi connectivity index (χ1v) is 4.71. The van der Waals surface area contributed by atoms with E-state index in [9.17, 15) is 5.11 Å². The van der Waals surface area contributed by atoms with E-state index in [-0.39, 0.29) is 5.75 Å². The first-order valence-electron chi connectivity index (χ1n) is 4.71. The fourth-order valence-corrected chi connectivity index (χ4v) is 1.33. The molecule has 1 atom stereocenters.